The van der Waals surface area contributed by atoms with Gasteiger partial charge in [-0.15, -0.1) is 10.1 Å². The lowest BCUT2D eigenvalue weighted by atomic mass is 9.99. The molecule has 1 aliphatic rings. The maximum Gasteiger partial charge on any atom is 0.304 e. The Morgan fingerprint density at radius 2 is 1.55 bits per heavy atom. The van der Waals surface area contributed by atoms with Crippen LogP contribution >= 0.6 is 0 Å². The van der Waals surface area contributed by atoms with Gasteiger partial charge in [0.25, 0.3) is 5.91 Å². The molecular formula is C24H22N3O2+. The van der Waals surface area contributed by atoms with Gasteiger partial charge in [0.15, 0.2) is 6.04 Å². The monoisotopic (exact) mass is 384 g/mol. The third-order valence-corrected chi connectivity index (χ3v) is 4.97. The molecule has 144 valence electrons. The number of aryl methyl sites for hydroxylation is 1. The van der Waals surface area contributed by atoms with Crippen molar-refractivity contribution in [3.63, 3.8) is 0 Å². The Labute approximate surface area is 169 Å². The molecule has 4 rings (SSSR count). The third kappa shape index (κ3) is 4.09. The maximum atomic E-state index is 12.8. The van der Waals surface area contributed by atoms with E-state index >= 15 is 0 Å². The summed E-state index contributed by atoms with van der Waals surface area (Å²) in [5.41, 5.74) is 6.39. The van der Waals surface area contributed by atoms with E-state index in [4.69, 9.17) is 0 Å². The van der Waals surface area contributed by atoms with Crippen molar-refractivity contribution >= 4 is 18.0 Å². The van der Waals surface area contributed by atoms with Crippen molar-refractivity contribution in [1.29, 1.82) is 0 Å². The standard InChI is InChI=1S/C24H21N3O2/c1-17-12-14-20(15-13-17)23(28)25-21-22(19-10-6-3-7-11-19)27(26-24(21)29)16-18-8-4-2-5-9-18/h2-16,21-22H,1H3,(H-,25,26,28,29)/p+1/b27-16-/t21-,22+/m0/s1. The number of benzene rings is 3. The molecule has 29 heavy (non-hydrogen) atoms. The minimum atomic E-state index is -0.717. The SMILES string of the molecule is Cc1ccc(C(=O)N[C@@H]2C(=O)N/[N+](=C\c3ccccc3)[C@@H]2c2ccccc2)cc1. The molecule has 3 aromatic carbocycles. The first-order chi connectivity index (χ1) is 14.1. The van der Waals surface area contributed by atoms with Crippen LogP contribution in [0.5, 0.6) is 0 Å². The number of hydrazone groups is 1. The van der Waals surface area contributed by atoms with Crippen LogP contribution in [0, 0.1) is 6.92 Å². The molecule has 0 radical (unpaired) electrons. The molecule has 5 nitrogen and oxygen atoms in total. The van der Waals surface area contributed by atoms with Crippen molar-refractivity contribution in [3.8, 4) is 0 Å². The van der Waals surface area contributed by atoms with Crippen LogP contribution in [0.25, 0.3) is 0 Å². The van der Waals surface area contributed by atoms with Gasteiger partial charge in [0.2, 0.25) is 12.3 Å². The normalized spacial score (nSPS) is 19.8. The van der Waals surface area contributed by atoms with Crippen LogP contribution in [-0.4, -0.2) is 28.8 Å². The summed E-state index contributed by atoms with van der Waals surface area (Å²) in [5.74, 6) is -0.515. The van der Waals surface area contributed by atoms with Gasteiger partial charge in [-0.2, -0.15) is 0 Å². The molecule has 3 aromatic rings. The zero-order valence-electron chi connectivity index (χ0n) is 16.1. The number of nitrogens with zero attached hydrogens (tertiary/aromatic N) is 1. The summed E-state index contributed by atoms with van der Waals surface area (Å²) < 4.78 is 1.77. The predicted octanol–water partition coefficient (Wildman–Crippen LogP) is 3.01. The van der Waals surface area contributed by atoms with Crippen LogP contribution in [-0.2, 0) is 4.79 Å². The van der Waals surface area contributed by atoms with Crippen molar-refractivity contribution in [2.45, 2.75) is 19.0 Å². The highest BCUT2D eigenvalue weighted by Gasteiger charge is 2.47. The molecule has 2 amide bonds. The Morgan fingerprint density at radius 1 is 0.931 bits per heavy atom. The molecule has 1 fully saturated rings. The molecule has 1 heterocycles. The fourth-order valence-electron chi connectivity index (χ4n) is 3.46. The van der Waals surface area contributed by atoms with Crippen LogP contribution in [0.3, 0.4) is 0 Å². The van der Waals surface area contributed by atoms with Gasteiger partial charge in [0.1, 0.15) is 0 Å². The molecule has 1 saturated heterocycles. The van der Waals surface area contributed by atoms with Gasteiger partial charge in [0, 0.05) is 16.7 Å². The van der Waals surface area contributed by atoms with Crippen LogP contribution < -0.4 is 10.7 Å². The first kappa shape index (κ1) is 18.6. The smallest absolute Gasteiger partial charge is 0.304 e. The first-order valence-electron chi connectivity index (χ1n) is 9.53. The van der Waals surface area contributed by atoms with Crippen molar-refractivity contribution in [3.05, 3.63) is 107 Å². The highest BCUT2D eigenvalue weighted by atomic mass is 16.2. The Hall–Kier alpha value is -3.73. The first-order valence-corrected chi connectivity index (χ1v) is 9.53. The van der Waals surface area contributed by atoms with Gasteiger partial charge >= 0.3 is 5.91 Å². The topological polar surface area (TPSA) is 61.2 Å². The molecule has 0 spiro atoms. The molecule has 1 aliphatic heterocycles. The fraction of sp³-hybridized carbons (Fsp3) is 0.125. The zero-order chi connectivity index (χ0) is 20.2. The Bertz CT molecular complexity index is 1040. The van der Waals surface area contributed by atoms with Crippen LogP contribution in [0.1, 0.15) is 33.1 Å². The second-order valence-electron chi connectivity index (χ2n) is 7.10. The third-order valence-electron chi connectivity index (χ3n) is 4.97. The second-order valence-corrected chi connectivity index (χ2v) is 7.10. The van der Waals surface area contributed by atoms with Crippen LogP contribution in [0.4, 0.5) is 0 Å². The van der Waals surface area contributed by atoms with E-state index in [2.05, 4.69) is 10.7 Å². The lowest BCUT2D eigenvalue weighted by Crippen LogP contribution is -2.42. The Balaban J connectivity index is 1.68. The molecule has 0 aromatic heterocycles. The summed E-state index contributed by atoms with van der Waals surface area (Å²) in [4.78, 5) is 25.6. The summed E-state index contributed by atoms with van der Waals surface area (Å²) in [6.45, 7) is 1.97. The van der Waals surface area contributed by atoms with Crippen molar-refractivity contribution in [2.75, 3.05) is 0 Å². The fourth-order valence-corrected chi connectivity index (χ4v) is 3.46. The van der Waals surface area contributed by atoms with Gasteiger partial charge in [-0.3, -0.25) is 9.59 Å². The number of rotatable bonds is 4. The van der Waals surface area contributed by atoms with Gasteiger partial charge in [-0.25, -0.2) is 0 Å². The van der Waals surface area contributed by atoms with Gasteiger partial charge in [0.05, 0.1) is 0 Å². The average molecular weight is 384 g/mol. The lowest BCUT2D eigenvalue weighted by Gasteiger charge is -2.14. The molecule has 0 saturated carbocycles. The van der Waals surface area contributed by atoms with E-state index < -0.39 is 6.04 Å². The van der Waals surface area contributed by atoms with Crippen molar-refractivity contribution in [2.24, 2.45) is 0 Å². The molecule has 0 bridgehead atoms. The van der Waals surface area contributed by atoms with E-state index in [1.54, 1.807) is 16.8 Å². The molecule has 0 unspecified atom stereocenters. The predicted molar refractivity (Wildman–Crippen MR) is 112 cm³/mol. The summed E-state index contributed by atoms with van der Waals surface area (Å²) in [6, 6.07) is 25.7. The zero-order valence-corrected chi connectivity index (χ0v) is 16.1. The number of hydrogen-bond acceptors (Lipinski definition) is 2. The molecule has 2 atom stereocenters. The highest BCUT2D eigenvalue weighted by Crippen LogP contribution is 2.25. The Kier molecular flexibility index (Phi) is 5.20. The minimum absolute atomic E-state index is 0.244. The molecule has 2 N–H and O–H groups in total. The number of carbonyl (C=O) groups excluding carboxylic acids is 2. The largest absolute Gasteiger partial charge is 0.334 e. The average Bonchev–Trinajstić information content (AvgIpc) is 3.04. The molecule has 5 heteroatoms. The number of nitrogens with one attached hydrogen (secondary N) is 2. The second kappa shape index (κ2) is 8.10. The van der Waals surface area contributed by atoms with E-state index in [0.717, 1.165) is 16.7 Å². The van der Waals surface area contributed by atoms with E-state index in [0.29, 0.717) is 5.56 Å². The summed E-state index contributed by atoms with van der Waals surface area (Å²) in [7, 11) is 0. The lowest BCUT2D eigenvalue weighted by molar-refractivity contribution is -0.596. The van der Waals surface area contributed by atoms with E-state index in [1.807, 2.05) is 85.9 Å². The van der Waals surface area contributed by atoms with E-state index in [1.165, 1.54) is 0 Å². The van der Waals surface area contributed by atoms with Gasteiger partial charge in [-0.1, -0.05) is 66.2 Å². The van der Waals surface area contributed by atoms with E-state index in [9.17, 15) is 9.59 Å². The summed E-state index contributed by atoms with van der Waals surface area (Å²) in [6.07, 6.45) is 1.88. The minimum Gasteiger partial charge on any atom is -0.334 e. The number of hydrogen-bond donors (Lipinski definition) is 2. The Morgan fingerprint density at radius 3 is 2.21 bits per heavy atom. The van der Waals surface area contributed by atoms with E-state index in [-0.39, 0.29) is 17.9 Å². The molecule has 0 aliphatic carbocycles. The quantitative estimate of drug-likeness (QED) is 0.680. The van der Waals surface area contributed by atoms with Crippen LogP contribution in [0.15, 0.2) is 84.9 Å². The maximum absolute atomic E-state index is 12.8. The molecular weight excluding hydrogens is 362 g/mol. The summed E-state index contributed by atoms with van der Waals surface area (Å²) in [5, 5.41) is 2.92. The number of hydrazine groups is 1. The van der Waals surface area contributed by atoms with Gasteiger partial charge < -0.3 is 5.32 Å². The number of carbonyl (C=O) groups is 2. The highest BCUT2D eigenvalue weighted by molar-refractivity contribution is 5.98. The summed E-state index contributed by atoms with van der Waals surface area (Å²) >= 11 is 0. The van der Waals surface area contributed by atoms with Gasteiger partial charge in [-0.05, 0) is 31.2 Å². The van der Waals surface area contributed by atoms with Crippen molar-refractivity contribution < 1.29 is 14.3 Å². The van der Waals surface area contributed by atoms with Crippen molar-refractivity contribution in [1.82, 2.24) is 10.7 Å². The number of amides is 2. The van der Waals surface area contributed by atoms with Crippen LogP contribution in [0.2, 0.25) is 0 Å².